The Hall–Kier alpha value is -1.91. The first-order chi connectivity index (χ1) is 8.67. The Kier molecular flexibility index (Phi) is 2.54. The van der Waals surface area contributed by atoms with Crippen molar-refractivity contribution in [1.82, 2.24) is 20.6 Å². The summed E-state index contributed by atoms with van der Waals surface area (Å²) >= 11 is 0. The number of nitrogens with one attached hydrogen (secondary N) is 2. The molecule has 2 aromatic rings. The molecule has 94 valence electrons. The average molecular weight is 243 g/mol. The molecule has 0 bridgehead atoms. The van der Waals surface area contributed by atoms with Crippen molar-refractivity contribution in [2.75, 3.05) is 5.32 Å². The van der Waals surface area contributed by atoms with Crippen LogP contribution in [0.25, 0.3) is 11.4 Å². The normalized spacial score (nSPS) is 18.3. The predicted octanol–water partition coefficient (Wildman–Crippen LogP) is 2.47. The summed E-state index contributed by atoms with van der Waals surface area (Å²) in [5, 5.41) is 17.6. The third-order valence-electron chi connectivity index (χ3n) is 3.93. The van der Waals surface area contributed by atoms with E-state index >= 15 is 0 Å². The van der Waals surface area contributed by atoms with Crippen LogP contribution in [-0.2, 0) is 0 Å². The summed E-state index contributed by atoms with van der Waals surface area (Å²) in [5.41, 5.74) is 2.54. The molecule has 1 unspecified atom stereocenters. The lowest BCUT2D eigenvalue weighted by molar-refractivity contribution is 0.493. The van der Waals surface area contributed by atoms with Crippen LogP contribution < -0.4 is 5.32 Å². The highest BCUT2D eigenvalue weighted by molar-refractivity contribution is 5.62. The maximum absolute atomic E-state index is 3.99. The number of hydrogen-bond donors (Lipinski definition) is 2. The van der Waals surface area contributed by atoms with Crippen LogP contribution >= 0.6 is 0 Å². The topological polar surface area (TPSA) is 66.5 Å². The maximum atomic E-state index is 3.99. The van der Waals surface area contributed by atoms with E-state index in [1.165, 1.54) is 12.8 Å². The Morgan fingerprint density at radius 3 is 2.89 bits per heavy atom. The molecule has 5 nitrogen and oxygen atoms in total. The highest BCUT2D eigenvalue weighted by atomic mass is 15.5. The van der Waals surface area contributed by atoms with E-state index in [9.17, 15) is 0 Å². The fourth-order valence-corrected chi connectivity index (χ4v) is 2.09. The van der Waals surface area contributed by atoms with Gasteiger partial charge in [0.1, 0.15) is 0 Å². The first-order valence-electron chi connectivity index (χ1n) is 6.28. The van der Waals surface area contributed by atoms with Crippen LogP contribution in [0.1, 0.15) is 26.7 Å². The second-order valence-corrected chi connectivity index (χ2v) is 5.34. The summed E-state index contributed by atoms with van der Waals surface area (Å²) in [7, 11) is 0. The smallest absolute Gasteiger partial charge is 0.204 e. The van der Waals surface area contributed by atoms with Gasteiger partial charge in [0.15, 0.2) is 0 Å². The summed E-state index contributed by atoms with van der Waals surface area (Å²) in [6.45, 7) is 4.57. The minimum absolute atomic E-state index is 0.460. The second-order valence-electron chi connectivity index (χ2n) is 5.34. The molecule has 2 N–H and O–H groups in total. The monoisotopic (exact) mass is 243 g/mol. The highest BCUT2D eigenvalue weighted by Gasteiger charge is 2.42. The standard InChI is InChI=1S/C13H17N5/c1-9(13(2)6-7-13)14-11-5-3-4-10(8-11)12-15-17-18-16-12/h3-5,8-9,14H,6-7H2,1-2H3,(H,15,16,17,18). The van der Waals surface area contributed by atoms with Crippen molar-refractivity contribution in [3.63, 3.8) is 0 Å². The van der Waals surface area contributed by atoms with Gasteiger partial charge in [0.05, 0.1) is 0 Å². The molecule has 1 aliphatic carbocycles. The van der Waals surface area contributed by atoms with E-state index < -0.39 is 0 Å². The maximum Gasteiger partial charge on any atom is 0.204 e. The number of nitrogens with zero attached hydrogens (tertiary/aromatic N) is 3. The molecule has 1 aromatic heterocycles. The van der Waals surface area contributed by atoms with Gasteiger partial charge in [-0.15, -0.1) is 10.2 Å². The minimum atomic E-state index is 0.460. The fraction of sp³-hybridized carbons (Fsp3) is 0.462. The number of H-pyrrole nitrogens is 1. The molecule has 1 atom stereocenters. The van der Waals surface area contributed by atoms with E-state index in [2.05, 4.69) is 51.9 Å². The molecular weight excluding hydrogens is 226 g/mol. The van der Waals surface area contributed by atoms with Gasteiger partial charge in [-0.25, -0.2) is 0 Å². The molecule has 0 saturated heterocycles. The molecule has 1 aromatic carbocycles. The van der Waals surface area contributed by atoms with Crippen LogP contribution in [0.3, 0.4) is 0 Å². The van der Waals surface area contributed by atoms with Gasteiger partial charge in [0.2, 0.25) is 5.82 Å². The molecule has 0 radical (unpaired) electrons. The highest BCUT2D eigenvalue weighted by Crippen LogP contribution is 2.48. The number of anilines is 1. The number of rotatable bonds is 4. The summed E-state index contributed by atoms with van der Waals surface area (Å²) in [6.07, 6.45) is 2.62. The number of benzene rings is 1. The number of tetrazole rings is 1. The molecule has 1 heterocycles. The molecule has 0 amide bonds. The second kappa shape index (κ2) is 4.08. The van der Waals surface area contributed by atoms with Gasteiger partial charge >= 0.3 is 0 Å². The van der Waals surface area contributed by atoms with Crippen LogP contribution in [0.15, 0.2) is 24.3 Å². The zero-order chi connectivity index (χ0) is 12.6. The Bertz CT molecular complexity index is 530. The molecule has 1 fully saturated rings. The molecule has 0 aliphatic heterocycles. The van der Waals surface area contributed by atoms with Crippen LogP contribution in [0.2, 0.25) is 0 Å². The molecule has 18 heavy (non-hydrogen) atoms. The van der Waals surface area contributed by atoms with Crippen LogP contribution in [0, 0.1) is 5.41 Å². The van der Waals surface area contributed by atoms with E-state index in [-0.39, 0.29) is 0 Å². The van der Waals surface area contributed by atoms with Crippen molar-refractivity contribution >= 4 is 5.69 Å². The van der Waals surface area contributed by atoms with E-state index in [1.807, 2.05) is 12.1 Å². The zero-order valence-corrected chi connectivity index (χ0v) is 10.6. The van der Waals surface area contributed by atoms with Crippen LogP contribution in [-0.4, -0.2) is 26.7 Å². The Balaban J connectivity index is 1.79. The van der Waals surface area contributed by atoms with Crippen molar-refractivity contribution in [3.05, 3.63) is 24.3 Å². The number of aromatic nitrogens is 4. The summed E-state index contributed by atoms with van der Waals surface area (Å²) in [4.78, 5) is 0. The van der Waals surface area contributed by atoms with Crippen molar-refractivity contribution < 1.29 is 0 Å². The van der Waals surface area contributed by atoms with Gasteiger partial charge in [0.25, 0.3) is 0 Å². The Morgan fingerprint density at radius 2 is 2.22 bits per heavy atom. The fourth-order valence-electron chi connectivity index (χ4n) is 2.09. The summed E-state index contributed by atoms with van der Waals surface area (Å²) in [6, 6.07) is 8.62. The van der Waals surface area contributed by atoms with Crippen LogP contribution in [0.4, 0.5) is 5.69 Å². The Morgan fingerprint density at radius 1 is 1.39 bits per heavy atom. The lowest BCUT2D eigenvalue weighted by Gasteiger charge is -2.21. The van der Waals surface area contributed by atoms with Gasteiger partial charge in [-0.1, -0.05) is 19.1 Å². The number of aromatic amines is 1. The molecule has 1 saturated carbocycles. The van der Waals surface area contributed by atoms with Crippen molar-refractivity contribution in [1.29, 1.82) is 0 Å². The quantitative estimate of drug-likeness (QED) is 0.865. The molecule has 5 heteroatoms. The van der Waals surface area contributed by atoms with Gasteiger partial charge in [-0.05, 0) is 42.5 Å². The number of hydrogen-bond acceptors (Lipinski definition) is 4. The summed E-state index contributed by atoms with van der Waals surface area (Å²) in [5.74, 6) is 0.629. The molecular formula is C13H17N5. The third-order valence-corrected chi connectivity index (χ3v) is 3.93. The molecule has 1 aliphatic rings. The zero-order valence-electron chi connectivity index (χ0n) is 10.6. The van der Waals surface area contributed by atoms with Gasteiger partial charge < -0.3 is 5.32 Å². The SMILES string of the molecule is CC(Nc1cccc(-c2nn[nH]n2)c1)C1(C)CC1. The van der Waals surface area contributed by atoms with Gasteiger partial charge in [0, 0.05) is 17.3 Å². The van der Waals surface area contributed by atoms with Gasteiger partial charge in [-0.3, -0.25) is 0 Å². The van der Waals surface area contributed by atoms with Crippen molar-refractivity contribution in [2.24, 2.45) is 5.41 Å². The Labute approximate surface area is 106 Å². The first-order valence-corrected chi connectivity index (χ1v) is 6.28. The molecule has 3 rings (SSSR count). The van der Waals surface area contributed by atoms with Crippen molar-refractivity contribution in [3.8, 4) is 11.4 Å². The largest absolute Gasteiger partial charge is 0.382 e. The van der Waals surface area contributed by atoms with Crippen molar-refractivity contribution in [2.45, 2.75) is 32.7 Å². The van der Waals surface area contributed by atoms with E-state index in [4.69, 9.17) is 0 Å². The van der Waals surface area contributed by atoms with Crippen LogP contribution in [0.5, 0.6) is 0 Å². The van der Waals surface area contributed by atoms with Gasteiger partial charge in [-0.2, -0.15) is 5.21 Å². The summed E-state index contributed by atoms with van der Waals surface area (Å²) < 4.78 is 0. The lowest BCUT2D eigenvalue weighted by atomic mass is 10.0. The predicted molar refractivity (Wildman–Crippen MR) is 70.0 cm³/mol. The van der Waals surface area contributed by atoms with E-state index in [0.717, 1.165) is 11.3 Å². The average Bonchev–Trinajstić information content (AvgIpc) is 2.93. The third kappa shape index (κ3) is 2.08. The van der Waals surface area contributed by atoms with E-state index in [1.54, 1.807) is 0 Å². The minimum Gasteiger partial charge on any atom is -0.382 e. The first kappa shape index (κ1) is 11.2. The van der Waals surface area contributed by atoms with E-state index in [0.29, 0.717) is 17.3 Å². The molecule has 0 spiro atoms. The lowest BCUT2D eigenvalue weighted by Crippen LogP contribution is -2.24.